The summed E-state index contributed by atoms with van der Waals surface area (Å²) in [5, 5.41) is 3.37. The van der Waals surface area contributed by atoms with E-state index in [-0.39, 0.29) is 0 Å². The number of aryl methyl sites for hydroxylation is 2. The standard InChI is InChI=1S/C15H17BrIN3/c1-4-7-18-15-13(17)10(3)19-14(20-15)11-6-5-9(2)8-12(11)16/h5-6,8H,4,7H2,1-3H3,(H,18,19,20). The summed E-state index contributed by atoms with van der Waals surface area (Å²) in [4.78, 5) is 9.29. The second-order valence-corrected chi connectivity index (χ2v) is 6.64. The monoisotopic (exact) mass is 445 g/mol. The minimum absolute atomic E-state index is 0.758. The molecule has 3 nitrogen and oxygen atoms in total. The normalized spacial score (nSPS) is 10.7. The molecule has 1 aromatic carbocycles. The van der Waals surface area contributed by atoms with Gasteiger partial charge in [-0.1, -0.05) is 28.9 Å². The highest BCUT2D eigenvalue weighted by atomic mass is 127. The molecule has 0 fully saturated rings. The predicted octanol–water partition coefficient (Wildman–Crippen LogP) is 4.95. The van der Waals surface area contributed by atoms with Crippen molar-refractivity contribution in [3.63, 3.8) is 0 Å². The van der Waals surface area contributed by atoms with Gasteiger partial charge in [-0.2, -0.15) is 0 Å². The van der Waals surface area contributed by atoms with Gasteiger partial charge in [-0.05, 0) is 60.6 Å². The summed E-state index contributed by atoms with van der Waals surface area (Å²) in [5.74, 6) is 1.68. The molecule has 0 aliphatic carbocycles. The molecule has 1 aromatic heterocycles. The largest absolute Gasteiger partial charge is 0.369 e. The van der Waals surface area contributed by atoms with Gasteiger partial charge in [0.05, 0.1) is 9.26 Å². The molecule has 0 spiro atoms. The molecule has 1 heterocycles. The van der Waals surface area contributed by atoms with E-state index in [2.05, 4.69) is 85.9 Å². The van der Waals surface area contributed by atoms with Gasteiger partial charge in [-0.25, -0.2) is 9.97 Å². The first-order chi connectivity index (χ1) is 9.52. The van der Waals surface area contributed by atoms with Gasteiger partial charge < -0.3 is 5.32 Å². The first-order valence-electron chi connectivity index (χ1n) is 6.57. The lowest BCUT2D eigenvalue weighted by molar-refractivity contribution is 0.958. The molecule has 2 rings (SSSR count). The van der Waals surface area contributed by atoms with Crippen LogP contribution in [0.2, 0.25) is 0 Å². The maximum atomic E-state index is 4.67. The molecule has 0 amide bonds. The minimum Gasteiger partial charge on any atom is -0.369 e. The fraction of sp³-hybridized carbons (Fsp3) is 0.333. The molecule has 0 radical (unpaired) electrons. The molecule has 0 aliphatic rings. The number of hydrogen-bond donors (Lipinski definition) is 1. The molecule has 0 saturated carbocycles. The summed E-state index contributed by atoms with van der Waals surface area (Å²) < 4.78 is 2.11. The summed E-state index contributed by atoms with van der Waals surface area (Å²) in [6.45, 7) is 7.15. The Labute approximate surface area is 141 Å². The predicted molar refractivity (Wildman–Crippen MR) is 96.1 cm³/mol. The van der Waals surface area contributed by atoms with E-state index in [1.807, 2.05) is 6.92 Å². The second-order valence-electron chi connectivity index (χ2n) is 4.71. The molecule has 0 unspecified atom stereocenters. The molecule has 0 atom stereocenters. The minimum atomic E-state index is 0.758. The molecule has 1 N–H and O–H groups in total. The van der Waals surface area contributed by atoms with Crippen LogP contribution >= 0.6 is 38.5 Å². The van der Waals surface area contributed by atoms with E-state index < -0.39 is 0 Å². The van der Waals surface area contributed by atoms with Gasteiger partial charge in [0.25, 0.3) is 0 Å². The Bertz CT molecular complexity index is 629. The van der Waals surface area contributed by atoms with E-state index in [0.717, 1.165) is 43.9 Å². The van der Waals surface area contributed by atoms with Crippen LogP contribution in [0.4, 0.5) is 5.82 Å². The smallest absolute Gasteiger partial charge is 0.162 e. The lowest BCUT2D eigenvalue weighted by atomic mass is 10.1. The van der Waals surface area contributed by atoms with E-state index in [4.69, 9.17) is 0 Å². The summed E-state index contributed by atoms with van der Waals surface area (Å²) >= 11 is 5.90. The van der Waals surface area contributed by atoms with Crippen LogP contribution in [0.25, 0.3) is 11.4 Å². The van der Waals surface area contributed by atoms with Crippen molar-refractivity contribution in [1.29, 1.82) is 0 Å². The van der Waals surface area contributed by atoms with Gasteiger partial charge in [0.2, 0.25) is 0 Å². The molecule has 5 heteroatoms. The Morgan fingerprint density at radius 1 is 1.25 bits per heavy atom. The van der Waals surface area contributed by atoms with Crippen LogP contribution in [-0.2, 0) is 0 Å². The highest BCUT2D eigenvalue weighted by Crippen LogP contribution is 2.29. The van der Waals surface area contributed by atoms with E-state index >= 15 is 0 Å². The van der Waals surface area contributed by atoms with Crippen molar-refractivity contribution < 1.29 is 0 Å². The van der Waals surface area contributed by atoms with Crippen molar-refractivity contribution in [2.24, 2.45) is 0 Å². The molecule has 0 bridgehead atoms. The number of rotatable bonds is 4. The Balaban J connectivity index is 2.48. The van der Waals surface area contributed by atoms with Crippen molar-refractivity contribution in [1.82, 2.24) is 9.97 Å². The lowest BCUT2D eigenvalue weighted by Gasteiger charge is -2.12. The van der Waals surface area contributed by atoms with Crippen LogP contribution in [0.1, 0.15) is 24.6 Å². The SMILES string of the molecule is CCCNc1nc(-c2ccc(C)cc2Br)nc(C)c1I. The summed E-state index contributed by atoms with van der Waals surface area (Å²) in [7, 11) is 0. The van der Waals surface area contributed by atoms with Crippen LogP contribution in [-0.4, -0.2) is 16.5 Å². The van der Waals surface area contributed by atoms with Crippen molar-refractivity contribution in [3.8, 4) is 11.4 Å². The Kier molecular flexibility index (Phi) is 5.37. The molecule has 0 saturated heterocycles. The fourth-order valence-electron chi connectivity index (χ4n) is 1.84. The van der Waals surface area contributed by atoms with E-state index in [9.17, 15) is 0 Å². The number of anilines is 1. The average molecular weight is 446 g/mol. The number of aromatic nitrogens is 2. The van der Waals surface area contributed by atoms with Gasteiger partial charge >= 0.3 is 0 Å². The summed E-state index contributed by atoms with van der Waals surface area (Å²) in [6.07, 6.45) is 1.07. The van der Waals surface area contributed by atoms with Crippen molar-refractivity contribution in [2.75, 3.05) is 11.9 Å². The number of hydrogen-bond acceptors (Lipinski definition) is 3. The van der Waals surface area contributed by atoms with Crippen LogP contribution in [0.15, 0.2) is 22.7 Å². The topological polar surface area (TPSA) is 37.8 Å². The van der Waals surface area contributed by atoms with Gasteiger partial charge in [0, 0.05) is 16.6 Å². The molecule has 20 heavy (non-hydrogen) atoms. The molecule has 0 aliphatic heterocycles. The fourth-order valence-corrected chi connectivity index (χ4v) is 2.94. The highest BCUT2D eigenvalue weighted by molar-refractivity contribution is 14.1. The zero-order valence-corrected chi connectivity index (χ0v) is 15.5. The maximum absolute atomic E-state index is 4.67. The zero-order chi connectivity index (χ0) is 14.7. The zero-order valence-electron chi connectivity index (χ0n) is 11.8. The third-order valence-electron chi connectivity index (χ3n) is 2.92. The number of benzene rings is 1. The van der Waals surface area contributed by atoms with Crippen LogP contribution in [0.5, 0.6) is 0 Å². The van der Waals surface area contributed by atoms with Gasteiger partial charge in [0.15, 0.2) is 5.82 Å². The Morgan fingerprint density at radius 2 is 2.00 bits per heavy atom. The second kappa shape index (κ2) is 6.85. The van der Waals surface area contributed by atoms with Crippen molar-refractivity contribution in [2.45, 2.75) is 27.2 Å². The summed E-state index contributed by atoms with van der Waals surface area (Å²) in [6, 6.07) is 6.23. The highest BCUT2D eigenvalue weighted by Gasteiger charge is 2.12. The summed E-state index contributed by atoms with van der Waals surface area (Å²) in [5.41, 5.74) is 3.24. The Morgan fingerprint density at radius 3 is 2.65 bits per heavy atom. The third kappa shape index (κ3) is 3.49. The first kappa shape index (κ1) is 15.7. The van der Waals surface area contributed by atoms with Gasteiger partial charge in [-0.15, -0.1) is 0 Å². The maximum Gasteiger partial charge on any atom is 0.162 e. The number of halogens is 2. The first-order valence-corrected chi connectivity index (χ1v) is 8.44. The third-order valence-corrected chi connectivity index (χ3v) is 4.87. The van der Waals surface area contributed by atoms with E-state index in [0.29, 0.717) is 0 Å². The van der Waals surface area contributed by atoms with Crippen LogP contribution in [0.3, 0.4) is 0 Å². The van der Waals surface area contributed by atoms with Crippen LogP contribution < -0.4 is 5.32 Å². The van der Waals surface area contributed by atoms with Gasteiger partial charge in [-0.3, -0.25) is 0 Å². The van der Waals surface area contributed by atoms with E-state index in [1.165, 1.54) is 5.56 Å². The molecule has 106 valence electrons. The van der Waals surface area contributed by atoms with Gasteiger partial charge in [0.1, 0.15) is 5.82 Å². The molecule has 2 aromatic rings. The number of nitrogens with one attached hydrogen (secondary N) is 1. The van der Waals surface area contributed by atoms with Crippen molar-refractivity contribution in [3.05, 3.63) is 37.5 Å². The van der Waals surface area contributed by atoms with E-state index in [1.54, 1.807) is 0 Å². The quantitative estimate of drug-likeness (QED) is 0.676. The average Bonchev–Trinajstić information content (AvgIpc) is 2.40. The van der Waals surface area contributed by atoms with Crippen molar-refractivity contribution >= 4 is 44.3 Å². The van der Waals surface area contributed by atoms with Crippen LogP contribution in [0, 0.1) is 17.4 Å². The lowest BCUT2D eigenvalue weighted by Crippen LogP contribution is -2.07. The molecular formula is C15H17BrIN3. The Hall–Kier alpha value is -0.690. The number of nitrogens with zero attached hydrogens (tertiary/aromatic N) is 2. The molecular weight excluding hydrogens is 429 g/mol.